The Morgan fingerprint density at radius 2 is 2.08 bits per heavy atom. The number of hydrogen-bond donors (Lipinski definition) is 0. The lowest BCUT2D eigenvalue weighted by molar-refractivity contribution is -0.139. The summed E-state index contributed by atoms with van der Waals surface area (Å²) in [5.41, 5.74) is 4.48. The molecule has 0 aliphatic carbocycles. The highest BCUT2D eigenvalue weighted by Crippen LogP contribution is 2.31. The zero-order valence-corrected chi connectivity index (χ0v) is 16.2. The number of aromatic nitrogens is 1. The fourth-order valence-electron chi connectivity index (χ4n) is 3.63. The van der Waals surface area contributed by atoms with E-state index in [1.807, 2.05) is 18.9 Å². The van der Waals surface area contributed by atoms with E-state index in [-0.39, 0.29) is 11.9 Å². The van der Waals surface area contributed by atoms with Crippen molar-refractivity contribution in [2.75, 3.05) is 20.1 Å². The van der Waals surface area contributed by atoms with Crippen LogP contribution in [0.2, 0.25) is 0 Å². The van der Waals surface area contributed by atoms with Crippen LogP contribution in [0.3, 0.4) is 0 Å². The molecule has 26 heavy (non-hydrogen) atoms. The van der Waals surface area contributed by atoms with Gasteiger partial charge in [0, 0.05) is 32.1 Å². The van der Waals surface area contributed by atoms with Gasteiger partial charge in [0.25, 0.3) is 0 Å². The van der Waals surface area contributed by atoms with Crippen molar-refractivity contribution in [1.82, 2.24) is 14.8 Å². The molecule has 0 N–H and O–H groups in total. The number of nitrogens with zero attached hydrogens (tertiary/aromatic N) is 3. The lowest BCUT2D eigenvalue weighted by atomic mass is 10.0. The van der Waals surface area contributed by atoms with Gasteiger partial charge in [-0.25, -0.2) is 4.98 Å². The van der Waals surface area contributed by atoms with Crippen molar-refractivity contribution in [3.63, 3.8) is 0 Å². The maximum Gasteiger partial charge on any atom is 0.239 e. The first-order chi connectivity index (χ1) is 12.5. The molecule has 4 rings (SSSR count). The van der Waals surface area contributed by atoms with Crippen LogP contribution < -0.4 is 0 Å². The lowest BCUT2D eigenvalue weighted by Gasteiger charge is -2.37. The Labute approximate surface area is 158 Å². The first-order valence-electron chi connectivity index (χ1n) is 8.97. The van der Waals surface area contributed by atoms with E-state index in [1.54, 1.807) is 11.3 Å². The van der Waals surface area contributed by atoms with Crippen LogP contribution in [0.25, 0.3) is 21.5 Å². The summed E-state index contributed by atoms with van der Waals surface area (Å²) in [5, 5.41) is 3.25. The van der Waals surface area contributed by atoms with E-state index in [9.17, 15) is 4.79 Å². The van der Waals surface area contributed by atoms with E-state index in [0.717, 1.165) is 36.2 Å². The molecule has 3 aromatic rings. The number of aryl methyl sites for hydroxylation is 1. The van der Waals surface area contributed by atoms with Gasteiger partial charge in [-0.2, -0.15) is 0 Å². The van der Waals surface area contributed by atoms with Gasteiger partial charge in [0.1, 0.15) is 0 Å². The van der Waals surface area contributed by atoms with E-state index in [2.05, 4.69) is 53.6 Å². The van der Waals surface area contributed by atoms with Crippen molar-refractivity contribution in [3.05, 3.63) is 52.9 Å². The molecule has 1 aromatic carbocycles. The predicted octanol–water partition coefficient (Wildman–Crippen LogP) is 3.93. The van der Waals surface area contributed by atoms with Gasteiger partial charge in [0.15, 0.2) is 0 Å². The second-order valence-corrected chi connectivity index (χ2v) is 7.97. The highest BCUT2D eigenvalue weighted by Gasteiger charge is 2.30. The van der Waals surface area contributed by atoms with E-state index in [0.29, 0.717) is 0 Å². The number of likely N-dealkylation sites (N-methyl/N-ethyl adjacent to an activating group) is 1. The van der Waals surface area contributed by atoms with Gasteiger partial charge in [-0.3, -0.25) is 9.69 Å². The lowest BCUT2D eigenvalue weighted by Crippen LogP contribution is -2.53. The number of fused-ring (bicyclic) bond motifs is 1. The number of thiophene rings is 1. The quantitative estimate of drug-likeness (QED) is 0.705. The molecule has 1 amide bonds. The van der Waals surface area contributed by atoms with Gasteiger partial charge in [-0.1, -0.05) is 24.3 Å². The predicted molar refractivity (Wildman–Crippen MR) is 107 cm³/mol. The first kappa shape index (κ1) is 17.2. The van der Waals surface area contributed by atoms with Crippen molar-refractivity contribution < 1.29 is 4.79 Å². The Kier molecular flexibility index (Phi) is 4.51. The Hall–Kier alpha value is -2.24. The molecule has 0 spiro atoms. The van der Waals surface area contributed by atoms with Gasteiger partial charge < -0.3 is 4.90 Å². The second kappa shape index (κ2) is 6.82. The molecule has 1 atom stereocenters. The van der Waals surface area contributed by atoms with Crippen LogP contribution in [0.1, 0.15) is 18.1 Å². The topological polar surface area (TPSA) is 36.4 Å². The summed E-state index contributed by atoms with van der Waals surface area (Å²) in [6.45, 7) is 6.51. The number of para-hydroxylation sites is 1. The summed E-state index contributed by atoms with van der Waals surface area (Å²) in [6.07, 6.45) is 0. The average molecular weight is 366 g/mol. The van der Waals surface area contributed by atoms with Gasteiger partial charge in [0.2, 0.25) is 5.91 Å². The molecule has 5 heteroatoms. The molecule has 3 heterocycles. The van der Waals surface area contributed by atoms with Crippen molar-refractivity contribution in [3.8, 4) is 10.6 Å². The summed E-state index contributed by atoms with van der Waals surface area (Å²) in [4.78, 5) is 22.7. The zero-order valence-electron chi connectivity index (χ0n) is 15.4. The van der Waals surface area contributed by atoms with E-state index in [4.69, 9.17) is 4.98 Å². The normalized spacial score (nSPS) is 18.7. The number of benzene rings is 1. The Balaban J connectivity index is 1.78. The molecule has 0 saturated carbocycles. The molecular weight excluding hydrogens is 342 g/mol. The van der Waals surface area contributed by atoms with Gasteiger partial charge >= 0.3 is 0 Å². The van der Waals surface area contributed by atoms with Crippen LogP contribution >= 0.6 is 11.3 Å². The average Bonchev–Trinajstić information content (AvgIpc) is 3.16. The fourth-order valence-corrected chi connectivity index (χ4v) is 4.38. The van der Waals surface area contributed by atoms with Crippen LogP contribution in [0, 0.1) is 6.92 Å². The third kappa shape index (κ3) is 3.02. The fraction of sp³-hybridized carbons (Fsp3) is 0.333. The Morgan fingerprint density at radius 1 is 1.23 bits per heavy atom. The molecule has 0 radical (unpaired) electrons. The van der Waals surface area contributed by atoms with Crippen LogP contribution in [0.4, 0.5) is 0 Å². The van der Waals surface area contributed by atoms with E-state index in [1.165, 1.54) is 16.0 Å². The standard InChI is InChI=1S/C21H23N3OS/c1-14-6-4-7-16-12-17(13-24-10-9-23(3)21(25)15(24)2)20(22-19(14)16)18-8-5-11-26-18/h4-8,11-12,15H,9-10,13H2,1-3H3/t15-/m0/s1. The number of carbonyl (C=O) groups is 1. The minimum Gasteiger partial charge on any atom is -0.343 e. The Morgan fingerprint density at radius 3 is 2.85 bits per heavy atom. The molecule has 0 unspecified atom stereocenters. The van der Waals surface area contributed by atoms with Gasteiger partial charge in [-0.05, 0) is 42.5 Å². The third-order valence-corrected chi connectivity index (χ3v) is 6.14. The summed E-state index contributed by atoms with van der Waals surface area (Å²) >= 11 is 1.71. The maximum absolute atomic E-state index is 12.4. The number of hydrogen-bond acceptors (Lipinski definition) is 4. The highest BCUT2D eigenvalue weighted by atomic mass is 32.1. The van der Waals surface area contributed by atoms with Gasteiger partial charge in [-0.15, -0.1) is 11.3 Å². The molecule has 134 valence electrons. The number of rotatable bonds is 3. The van der Waals surface area contributed by atoms with Crippen molar-refractivity contribution in [2.24, 2.45) is 0 Å². The molecule has 1 saturated heterocycles. The molecule has 1 aliphatic rings. The number of amides is 1. The van der Waals surface area contributed by atoms with Crippen molar-refractivity contribution in [2.45, 2.75) is 26.4 Å². The largest absolute Gasteiger partial charge is 0.343 e. The first-order valence-corrected chi connectivity index (χ1v) is 9.84. The SMILES string of the molecule is Cc1cccc2cc(CN3CCN(C)C(=O)[C@@H]3C)c(-c3cccs3)nc12. The molecule has 4 nitrogen and oxygen atoms in total. The third-order valence-electron chi connectivity index (χ3n) is 5.26. The minimum absolute atomic E-state index is 0.0989. The maximum atomic E-state index is 12.4. The second-order valence-electron chi connectivity index (χ2n) is 7.03. The molecular formula is C21H23N3OS. The number of pyridine rings is 1. The van der Waals surface area contributed by atoms with E-state index < -0.39 is 0 Å². The van der Waals surface area contributed by atoms with Crippen LogP contribution in [0.15, 0.2) is 41.8 Å². The smallest absolute Gasteiger partial charge is 0.239 e. The number of piperazine rings is 1. The monoisotopic (exact) mass is 365 g/mol. The molecule has 0 bridgehead atoms. The molecule has 1 aliphatic heterocycles. The van der Waals surface area contributed by atoms with Crippen LogP contribution in [-0.2, 0) is 11.3 Å². The molecule has 2 aromatic heterocycles. The zero-order chi connectivity index (χ0) is 18.3. The van der Waals surface area contributed by atoms with Crippen LogP contribution in [-0.4, -0.2) is 46.9 Å². The Bertz CT molecular complexity index is 951. The summed E-state index contributed by atoms with van der Waals surface area (Å²) in [7, 11) is 1.88. The van der Waals surface area contributed by atoms with Crippen LogP contribution in [0.5, 0.6) is 0 Å². The minimum atomic E-state index is -0.0989. The van der Waals surface area contributed by atoms with Crippen molar-refractivity contribution >= 4 is 28.1 Å². The highest BCUT2D eigenvalue weighted by molar-refractivity contribution is 7.13. The summed E-state index contributed by atoms with van der Waals surface area (Å²) in [6, 6.07) is 12.6. The van der Waals surface area contributed by atoms with E-state index >= 15 is 0 Å². The molecule has 1 fully saturated rings. The number of carbonyl (C=O) groups excluding carboxylic acids is 1. The summed E-state index contributed by atoms with van der Waals surface area (Å²) in [5.74, 6) is 0.193. The van der Waals surface area contributed by atoms with Gasteiger partial charge in [0.05, 0.1) is 22.1 Å². The van der Waals surface area contributed by atoms with Crippen molar-refractivity contribution in [1.29, 1.82) is 0 Å². The summed E-state index contributed by atoms with van der Waals surface area (Å²) < 4.78 is 0.